The van der Waals surface area contributed by atoms with E-state index in [1.165, 1.54) is 6.07 Å². The van der Waals surface area contributed by atoms with Gasteiger partial charge in [-0.2, -0.15) is 0 Å². The van der Waals surface area contributed by atoms with E-state index in [1.807, 2.05) is 6.07 Å². The number of carbonyl (C=O) groups is 1. The summed E-state index contributed by atoms with van der Waals surface area (Å²) in [5, 5.41) is 3.87. The first-order valence-electron chi connectivity index (χ1n) is 8.24. The van der Waals surface area contributed by atoms with Gasteiger partial charge in [-0.1, -0.05) is 23.7 Å². The molecule has 0 aliphatic heterocycles. The van der Waals surface area contributed by atoms with Gasteiger partial charge in [0.25, 0.3) is 5.91 Å². The first-order valence-corrected chi connectivity index (χ1v) is 8.62. The Morgan fingerprint density at radius 1 is 1.26 bits per heavy atom. The summed E-state index contributed by atoms with van der Waals surface area (Å²) in [5.74, 6) is -0.127. The normalized spacial score (nSPS) is 11.1. The van der Waals surface area contributed by atoms with Gasteiger partial charge in [0.1, 0.15) is 11.6 Å². The van der Waals surface area contributed by atoms with Crippen molar-refractivity contribution < 1.29 is 13.6 Å². The zero-order valence-electron chi connectivity index (χ0n) is 14.6. The van der Waals surface area contributed by atoms with Crippen molar-refractivity contribution in [2.24, 2.45) is 0 Å². The molecule has 0 radical (unpaired) electrons. The quantitative estimate of drug-likeness (QED) is 0.523. The molecule has 5 nitrogen and oxygen atoms in total. The molecule has 27 heavy (non-hydrogen) atoms. The van der Waals surface area contributed by atoms with Crippen molar-refractivity contribution in [2.75, 3.05) is 5.32 Å². The van der Waals surface area contributed by atoms with Crippen LogP contribution in [0.4, 0.5) is 10.1 Å². The van der Waals surface area contributed by atoms with E-state index in [0.717, 1.165) is 5.39 Å². The number of amides is 1. The number of fused-ring (bicyclic) bond motifs is 1. The molecule has 2 aromatic heterocycles. The molecule has 0 unspecified atom stereocenters. The van der Waals surface area contributed by atoms with Gasteiger partial charge in [-0.25, -0.2) is 9.37 Å². The van der Waals surface area contributed by atoms with Crippen LogP contribution in [0.3, 0.4) is 0 Å². The standard InChI is InChI=1S/C20H15ClFN3O2/c1-11-14-4-3-5-15(21)19(14)27-18(11)20(26)24-13-6-7-17(16(22)10-13)25-9-8-23-12(25)2/h3-10H,1-2H3,(H,24,26). The molecule has 0 saturated heterocycles. The number of aromatic nitrogens is 2. The van der Waals surface area contributed by atoms with Crippen molar-refractivity contribution in [3.05, 3.63) is 76.8 Å². The predicted octanol–water partition coefficient (Wildman–Crippen LogP) is 5.28. The highest BCUT2D eigenvalue weighted by molar-refractivity contribution is 6.35. The number of nitrogens with zero attached hydrogens (tertiary/aromatic N) is 2. The van der Waals surface area contributed by atoms with Crippen molar-refractivity contribution in [3.63, 3.8) is 0 Å². The van der Waals surface area contributed by atoms with Gasteiger partial charge in [-0.05, 0) is 38.1 Å². The third kappa shape index (κ3) is 2.98. The van der Waals surface area contributed by atoms with Crippen molar-refractivity contribution in [1.29, 1.82) is 0 Å². The summed E-state index contributed by atoms with van der Waals surface area (Å²) in [5.41, 5.74) is 1.81. The Morgan fingerprint density at radius 3 is 2.74 bits per heavy atom. The van der Waals surface area contributed by atoms with Crippen molar-refractivity contribution in [3.8, 4) is 5.69 Å². The van der Waals surface area contributed by atoms with Crippen LogP contribution in [0.25, 0.3) is 16.7 Å². The number of hydrogen-bond donors (Lipinski definition) is 1. The van der Waals surface area contributed by atoms with Gasteiger partial charge in [0.15, 0.2) is 11.3 Å². The van der Waals surface area contributed by atoms with Gasteiger partial charge in [0, 0.05) is 29.0 Å². The molecule has 7 heteroatoms. The number of imidazole rings is 1. The number of carbonyl (C=O) groups excluding carboxylic acids is 1. The first-order chi connectivity index (χ1) is 13.0. The molecule has 0 spiro atoms. The summed E-state index contributed by atoms with van der Waals surface area (Å²) in [4.78, 5) is 16.7. The second-order valence-corrected chi connectivity index (χ2v) is 6.54. The molecule has 4 rings (SSSR count). The summed E-state index contributed by atoms with van der Waals surface area (Å²) in [7, 11) is 0. The Balaban J connectivity index is 1.64. The van der Waals surface area contributed by atoms with Crippen LogP contribution in [0.15, 0.2) is 53.2 Å². The number of nitrogens with one attached hydrogen (secondary N) is 1. The molecule has 2 heterocycles. The fourth-order valence-electron chi connectivity index (χ4n) is 3.03. The van der Waals surface area contributed by atoms with Crippen LogP contribution in [-0.2, 0) is 0 Å². The van der Waals surface area contributed by atoms with E-state index in [9.17, 15) is 9.18 Å². The van der Waals surface area contributed by atoms with Crippen LogP contribution in [-0.4, -0.2) is 15.5 Å². The second kappa shape index (κ2) is 6.55. The number of furan rings is 1. The van der Waals surface area contributed by atoms with E-state index in [1.54, 1.807) is 55.1 Å². The minimum absolute atomic E-state index is 0.146. The maximum atomic E-state index is 14.5. The number of benzene rings is 2. The van der Waals surface area contributed by atoms with Crippen molar-refractivity contribution >= 4 is 34.2 Å². The number of rotatable bonds is 3. The molecule has 0 aliphatic rings. The maximum absolute atomic E-state index is 14.5. The molecule has 136 valence electrons. The average Bonchev–Trinajstić information content (AvgIpc) is 3.20. The summed E-state index contributed by atoms with van der Waals surface area (Å²) in [6.45, 7) is 3.56. The number of hydrogen-bond acceptors (Lipinski definition) is 3. The third-order valence-corrected chi connectivity index (χ3v) is 4.71. The molecule has 1 N–H and O–H groups in total. The van der Waals surface area contributed by atoms with Crippen molar-refractivity contribution in [2.45, 2.75) is 13.8 Å². The largest absolute Gasteiger partial charge is 0.449 e. The number of aryl methyl sites for hydroxylation is 2. The van der Waals surface area contributed by atoms with Crippen LogP contribution in [0.1, 0.15) is 21.9 Å². The number of anilines is 1. The Kier molecular flexibility index (Phi) is 4.20. The maximum Gasteiger partial charge on any atom is 0.291 e. The summed E-state index contributed by atoms with van der Waals surface area (Å²) >= 11 is 6.12. The molecule has 0 aliphatic carbocycles. The van der Waals surface area contributed by atoms with Gasteiger partial charge in [-0.15, -0.1) is 0 Å². The molecular weight excluding hydrogens is 369 g/mol. The lowest BCUT2D eigenvalue weighted by Gasteiger charge is -2.09. The minimum Gasteiger partial charge on any atom is -0.449 e. The zero-order valence-corrected chi connectivity index (χ0v) is 15.3. The fourth-order valence-corrected chi connectivity index (χ4v) is 3.24. The van der Waals surface area contributed by atoms with Gasteiger partial charge >= 0.3 is 0 Å². The lowest BCUT2D eigenvalue weighted by molar-refractivity contribution is 0.0998. The van der Waals surface area contributed by atoms with E-state index < -0.39 is 11.7 Å². The van der Waals surface area contributed by atoms with Crippen LogP contribution in [0, 0.1) is 19.7 Å². The van der Waals surface area contributed by atoms with Crippen molar-refractivity contribution in [1.82, 2.24) is 9.55 Å². The van der Waals surface area contributed by atoms with Gasteiger partial charge in [0.2, 0.25) is 0 Å². The fraction of sp³-hybridized carbons (Fsp3) is 0.100. The molecule has 2 aromatic carbocycles. The second-order valence-electron chi connectivity index (χ2n) is 6.14. The first kappa shape index (κ1) is 17.3. The lowest BCUT2D eigenvalue weighted by atomic mass is 10.1. The zero-order chi connectivity index (χ0) is 19.1. The molecule has 0 atom stereocenters. The molecule has 0 bridgehead atoms. The SMILES string of the molecule is Cc1c(C(=O)Nc2ccc(-n3ccnc3C)c(F)c2)oc2c(Cl)cccc12. The van der Waals surface area contributed by atoms with Crippen LogP contribution in [0.2, 0.25) is 5.02 Å². The predicted molar refractivity (Wildman–Crippen MR) is 102 cm³/mol. The number of para-hydroxylation sites is 1. The Morgan fingerprint density at radius 2 is 2.07 bits per heavy atom. The third-order valence-electron chi connectivity index (χ3n) is 4.41. The highest BCUT2D eigenvalue weighted by Crippen LogP contribution is 2.31. The monoisotopic (exact) mass is 383 g/mol. The Bertz CT molecular complexity index is 1180. The average molecular weight is 384 g/mol. The highest BCUT2D eigenvalue weighted by atomic mass is 35.5. The topological polar surface area (TPSA) is 60.1 Å². The highest BCUT2D eigenvalue weighted by Gasteiger charge is 2.19. The molecule has 4 aromatic rings. The Labute approximate surface area is 159 Å². The lowest BCUT2D eigenvalue weighted by Crippen LogP contribution is -2.12. The smallest absolute Gasteiger partial charge is 0.291 e. The number of halogens is 2. The van der Waals surface area contributed by atoms with E-state index in [-0.39, 0.29) is 5.76 Å². The van der Waals surface area contributed by atoms with E-state index in [4.69, 9.17) is 16.0 Å². The van der Waals surface area contributed by atoms with Crippen LogP contribution < -0.4 is 5.32 Å². The van der Waals surface area contributed by atoms with E-state index in [0.29, 0.717) is 33.4 Å². The molecule has 0 saturated carbocycles. The van der Waals surface area contributed by atoms with Crippen LogP contribution >= 0.6 is 11.6 Å². The van der Waals surface area contributed by atoms with Gasteiger partial charge < -0.3 is 14.3 Å². The van der Waals surface area contributed by atoms with Crippen LogP contribution in [0.5, 0.6) is 0 Å². The van der Waals surface area contributed by atoms with Gasteiger partial charge in [-0.3, -0.25) is 4.79 Å². The molecular formula is C20H15ClFN3O2. The van der Waals surface area contributed by atoms with Gasteiger partial charge in [0.05, 0.1) is 10.7 Å². The molecule has 0 fully saturated rings. The summed E-state index contributed by atoms with van der Waals surface area (Å²) in [6, 6.07) is 9.79. The summed E-state index contributed by atoms with van der Waals surface area (Å²) < 4.78 is 21.8. The van der Waals surface area contributed by atoms with E-state index in [2.05, 4.69) is 10.3 Å². The van der Waals surface area contributed by atoms with E-state index >= 15 is 0 Å². The molecule has 1 amide bonds. The Hall–Kier alpha value is -3.12. The minimum atomic E-state index is -0.474. The summed E-state index contributed by atoms with van der Waals surface area (Å²) in [6.07, 6.45) is 3.27.